The van der Waals surface area contributed by atoms with Gasteiger partial charge in [0.15, 0.2) is 0 Å². The Labute approximate surface area is 83.1 Å². The zero-order chi connectivity index (χ0) is 11.0. The van der Waals surface area contributed by atoms with Crippen LogP contribution in [0.1, 0.15) is 27.2 Å². The summed E-state index contributed by atoms with van der Waals surface area (Å²) in [5.74, 6) is -1.05. The first-order chi connectivity index (χ1) is 6.21. The van der Waals surface area contributed by atoms with E-state index in [4.69, 9.17) is 0 Å². The fraction of sp³-hybridized carbons (Fsp3) is 1.00. The zero-order valence-electron chi connectivity index (χ0n) is 8.91. The molecule has 1 saturated heterocycles. The third-order valence-electron chi connectivity index (χ3n) is 3.04. The van der Waals surface area contributed by atoms with Crippen molar-refractivity contribution >= 4 is 0 Å². The summed E-state index contributed by atoms with van der Waals surface area (Å²) < 4.78 is 37.4. The third kappa shape index (κ3) is 2.87. The zero-order valence-corrected chi connectivity index (χ0v) is 8.91. The lowest BCUT2D eigenvalue weighted by Crippen LogP contribution is -2.46. The summed E-state index contributed by atoms with van der Waals surface area (Å²) in [5.41, 5.74) is -0.0447. The van der Waals surface area contributed by atoms with Crippen LogP contribution in [0.5, 0.6) is 0 Å². The third-order valence-corrected chi connectivity index (χ3v) is 3.04. The van der Waals surface area contributed by atoms with E-state index in [-0.39, 0.29) is 24.3 Å². The molecule has 0 amide bonds. The second kappa shape index (κ2) is 3.72. The molecule has 1 N–H and O–H groups in total. The van der Waals surface area contributed by atoms with Gasteiger partial charge in [-0.15, -0.1) is 0 Å². The van der Waals surface area contributed by atoms with Crippen LogP contribution >= 0.6 is 0 Å². The topological polar surface area (TPSA) is 12.0 Å². The first-order valence-corrected chi connectivity index (χ1v) is 4.98. The molecule has 0 aromatic rings. The Morgan fingerprint density at radius 3 is 1.93 bits per heavy atom. The second-order valence-corrected chi connectivity index (χ2v) is 5.20. The molecule has 0 aromatic carbocycles. The minimum absolute atomic E-state index is 0.0447. The average Bonchev–Trinajstić information content (AvgIpc) is 2.01. The molecular weight excluding hydrogens is 191 g/mol. The van der Waals surface area contributed by atoms with Crippen LogP contribution in [0.3, 0.4) is 0 Å². The maximum absolute atomic E-state index is 12.5. The van der Waals surface area contributed by atoms with Crippen molar-refractivity contribution in [2.75, 3.05) is 13.1 Å². The molecule has 1 aliphatic heterocycles. The van der Waals surface area contributed by atoms with Crippen molar-refractivity contribution in [1.82, 2.24) is 5.32 Å². The van der Waals surface area contributed by atoms with Crippen LogP contribution in [0.4, 0.5) is 13.2 Å². The lowest BCUT2D eigenvalue weighted by molar-refractivity contribution is -0.184. The van der Waals surface area contributed by atoms with Crippen molar-refractivity contribution < 1.29 is 13.2 Å². The summed E-state index contributed by atoms with van der Waals surface area (Å²) in [4.78, 5) is 0. The van der Waals surface area contributed by atoms with Gasteiger partial charge in [0.05, 0.1) is 5.92 Å². The molecule has 84 valence electrons. The average molecular weight is 209 g/mol. The fourth-order valence-corrected chi connectivity index (χ4v) is 1.85. The summed E-state index contributed by atoms with van der Waals surface area (Å²) in [7, 11) is 0. The van der Waals surface area contributed by atoms with Crippen molar-refractivity contribution in [3.05, 3.63) is 0 Å². The van der Waals surface area contributed by atoms with Crippen molar-refractivity contribution in [3.8, 4) is 0 Å². The van der Waals surface area contributed by atoms with E-state index in [1.807, 2.05) is 20.8 Å². The maximum atomic E-state index is 12.5. The highest BCUT2D eigenvalue weighted by Crippen LogP contribution is 2.38. The second-order valence-electron chi connectivity index (χ2n) is 5.20. The lowest BCUT2D eigenvalue weighted by atomic mass is 9.74. The monoisotopic (exact) mass is 209 g/mol. The van der Waals surface area contributed by atoms with Crippen LogP contribution in [0, 0.1) is 17.3 Å². The number of nitrogens with one attached hydrogen (secondary N) is 1. The summed E-state index contributed by atoms with van der Waals surface area (Å²) in [6.07, 6.45) is -3.78. The van der Waals surface area contributed by atoms with E-state index in [9.17, 15) is 13.2 Å². The van der Waals surface area contributed by atoms with Crippen LogP contribution in [-0.4, -0.2) is 19.3 Å². The van der Waals surface area contributed by atoms with Crippen molar-refractivity contribution in [3.63, 3.8) is 0 Å². The van der Waals surface area contributed by atoms with Gasteiger partial charge in [-0.1, -0.05) is 20.8 Å². The molecule has 2 atom stereocenters. The van der Waals surface area contributed by atoms with Gasteiger partial charge >= 0.3 is 6.18 Å². The van der Waals surface area contributed by atoms with E-state index < -0.39 is 12.1 Å². The summed E-state index contributed by atoms with van der Waals surface area (Å²) in [6.45, 7) is 6.78. The predicted octanol–water partition coefficient (Wildman–Crippen LogP) is 2.82. The fourth-order valence-electron chi connectivity index (χ4n) is 1.85. The molecule has 0 spiro atoms. The van der Waals surface area contributed by atoms with Gasteiger partial charge in [0.1, 0.15) is 0 Å². The molecule has 14 heavy (non-hydrogen) atoms. The van der Waals surface area contributed by atoms with Gasteiger partial charge in [-0.25, -0.2) is 0 Å². The van der Waals surface area contributed by atoms with Gasteiger partial charge in [-0.2, -0.15) is 13.2 Å². The first kappa shape index (κ1) is 11.8. The van der Waals surface area contributed by atoms with E-state index in [1.54, 1.807) is 0 Å². The van der Waals surface area contributed by atoms with E-state index in [0.29, 0.717) is 6.54 Å². The van der Waals surface area contributed by atoms with Crippen molar-refractivity contribution in [2.45, 2.75) is 33.4 Å². The molecule has 1 rings (SSSR count). The van der Waals surface area contributed by atoms with Crippen LogP contribution in [0.15, 0.2) is 0 Å². The summed E-state index contributed by atoms with van der Waals surface area (Å²) in [6, 6.07) is 0. The minimum Gasteiger partial charge on any atom is -0.316 e. The molecule has 0 aliphatic carbocycles. The number of hydrogen-bond donors (Lipinski definition) is 1. The van der Waals surface area contributed by atoms with Crippen molar-refractivity contribution in [1.29, 1.82) is 0 Å². The Morgan fingerprint density at radius 2 is 1.50 bits per heavy atom. The van der Waals surface area contributed by atoms with Crippen molar-refractivity contribution in [2.24, 2.45) is 17.3 Å². The van der Waals surface area contributed by atoms with Gasteiger partial charge < -0.3 is 5.32 Å². The largest absolute Gasteiger partial charge is 0.393 e. The Hall–Kier alpha value is -0.250. The highest BCUT2D eigenvalue weighted by Gasteiger charge is 2.44. The molecular formula is C10H18F3N. The molecule has 1 fully saturated rings. The molecule has 2 unspecified atom stereocenters. The van der Waals surface area contributed by atoms with Crippen LogP contribution in [0.25, 0.3) is 0 Å². The van der Waals surface area contributed by atoms with Gasteiger partial charge in [-0.05, 0) is 24.3 Å². The first-order valence-electron chi connectivity index (χ1n) is 4.98. The Kier molecular flexibility index (Phi) is 3.14. The van der Waals surface area contributed by atoms with Gasteiger partial charge in [-0.3, -0.25) is 0 Å². The Balaban J connectivity index is 2.61. The number of halogens is 3. The number of rotatable bonds is 0. The number of hydrogen-bond acceptors (Lipinski definition) is 1. The number of alkyl halides is 3. The van der Waals surface area contributed by atoms with E-state index in [2.05, 4.69) is 5.32 Å². The predicted molar refractivity (Wildman–Crippen MR) is 50.0 cm³/mol. The quantitative estimate of drug-likeness (QED) is 0.647. The van der Waals surface area contributed by atoms with Crippen LogP contribution in [0.2, 0.25) is 0 Å². The summed E-state index contributed by atoms with van der Waals surface area (Å²) >= 11 is 0. The normalized spacial score (nSPS) is 30.4. The number of piperidine rings is 1. The van der Waals surface area contributed by atoms with Crippen LogP contribution < -0.4 is 5.32 Å². The van der Waals surface area contributed by atoms with Gasteiger partial charge in [0, 0.05) is 6.54 Å². The highest BCUT2D eigenvalue weighted by atomic mass is 19.4. The molecule has 0 radical (unpaired) electrons. The molecule has 1 aliphatic rings. The van der Waals surface area contributed by atoms with Crippen LogP contribution in [-0.2, 0) is 0 Å². The molecule has 0 bridgehead atoms. The smallest absolute Gasteiger partial charge is 0.316 e. The summed E-state index contributed by atoms with van der Waals surface area (Å²) in [5, 5.41) is 2.88. The SMILES string of the molecule is CC(C)(C)C1CNCC(C(F)(F)F)C1. The van der Waals surface area contributed by atoms with Gasteiger partial charge in [0.2, 0.25) is 0 Å². The van der Waals surface area contributed by atoms with E-state index in [1.165, 1.54) is 0 Å². The molecule has 1 heterocycles. The molecule has 0 aromatic heterocycles. The standard InChI is InChI=1S/C10H18F3N/c1-9(2,3)7-4-8(6-14-5-7)10(11,12)13/h7-8,14H,4-6H2,1-3H3. The Bertz CT molecular complexity index is 173. The lowest BCUT2D eigenvalue weighted by Gasteiger charge is -2.38. The maximum Gasteiger partial charge on any atom is 0.393 e. The molecule has 1 nitrogen and oxygen atoms in total. The van der Waals surface area contributed by atoms with E-state index >= 15 is 0 Å². The van der Waals surface area contributed by atoms with E-state index in [0.717, 1.165) is 0 Å². The molecule has 4 heteroatoms. The minimum atomic E-state index is -4.04. The highest BCUT2D eigenvalue weighted by molar-refractivity contribution is 4.86. The van der Waals surface area contributed by atoms with Gasteiger partial charge in [0.25, 0.3) is 0 Å². The molecule has 0 saturated carbocycles. The Morgan fingerprint density at radius 1 is 1.00 bits per heavy atom.